The summed E-state index contributed by atoms with van der Waals surface area (Å²) in [4.78, 5) is 0. The van der Waals surface area contributed by atoms with Crippen LogP contribution < -0.4 is 5.43 Å². The minimum atomic E-state index is 0.633. The van der Waals surface area contributed by atoms with Crippen molar-refractivity contribution in [3.63, 3.8) is 0 Å². The molecule has 2 atom stereocenters. The number of hydrogen-bond acceptors (Lipinski definition) is 2. The summed E-state index contributed by atoms with van der Waals surface area (Å²) in [7, 11) is 2.12. The number of hydrogen-bond donors (Lipinski definition) is 1. The van der Waals surface area contributed by atoms with Gasteiger partial charge in [-0.05, 0) is 38.3 Å². The van der Waals surface area contributed by atoms with Crippen molar-refractivity contribution in [1.29, 1.82) is 0 Å². The number of aromatic nitrogens is 1. The van der Waals surface area contributed by atoms with Gasteiger partial charge in [0.05, 0.1) is 0 Å². The van der Waals surface area contributed by atoms with Crippen molar-refractivity contribution in [2.45, 2.75) is 51.7 Å². The van der Waals surface area contributed by atoms with Crippen LogP contribution in [-0.2, 0) is 13.6 Å². The summed E-state index contributed by atoms with van der Waals surface area (Å²) in [5, 5.41) is 3.81. The first-order valence-electron chi connectivity index (χ1n) is 7.71. The van der Waals surface area contributed by atoms with E-state index in [-0.39, 0.29) is 0 Å². The van der Waals surface area contributed by atoms with Crippen molar-refractivity contribution in [2.24, 2.45) is 7.05 Å². The lowest BCUT2D eigenvalue weighted by molar-refractivity contribution is 0.0437. The second kappa shape index (κ2) is 5.58. The summed E-state index contributed by atoms with van der Waals surface area (Å²) in [5.74, 6) is 0. The van der Waals surface area contributed by atoms with Gasteiger partial charge in [-0.15, -0.1) is 0 Å². The van der Waals surface area contributed by atoms with Gasteiger partial charge in [0, 0.05) is 42.8 Å². The Morgan fingerprint density at radius 2 is 1.85 bits per heavy atom. The van der Waals surface area contributed by atoms with Crippen LogP contribution in [0.4, 0.5) is 0 Å². The molecule has 0 amide bonds. The van der Waals surface area contributed by atoms with Crippen LogP contribution in [0, 0.1) is 0 Å². The number of rotatable bonds is 3. The van der Waals surface area contributed by atoms with Gasteiger partial charge in [-0.1, -0.05) is 24.6 Å². The molecule has 0 radical (unpaired) electrons. The van der Waals surface area contributed by atoms with Crippen molar-refractivity contribution in [3.8, 4) is 0 Å². The van der Waals surface area contributed by atoms with Gasteiger partial charge < -0.3 is 4.57 Å². The van der Waals surface area contributed by atoms with E-state index in [9.17, 15) is 0 Å². The molecule has 108 valence electrons. The molecule has 2 unspecified atom stereocenters. The Bertz CT molecular complexity index is 577. The first kappa shape index (κ1) is 13.7. The molecule has 1 saturated heterocycles. The van der Waals surface area contributed by atoms with Gasteiger partial charge in [-0.3, -0.25) is 5.43 Å². The molecule has 3 nitrogen and oxygen atoms in total. The molecule has 1 fully saturated rings. The van der Waals surface area contributed by atoms with E-state index in [0.29, 0.717) is 12.1 Å². The first-order chi connectivity index (χ1) is 9.66. The molecular weight excluding hydrogens is 246 g/mol. The fraction of sp³-hybridized carbons (Fsp3) is 0.529. The molecule has 0 aliphatic carbocycles. The molecule has 1 N–H and O–H groups in total. The minimum Gasteiger partial charge on any atom is -0.350 e. The zero-order chi connectivity index (χ0) is 14.1. The van der Waals surface area contributed by atoms with Crippen LogP contribution in [0.2, 0.25) is 0 Å². The third kappa shape index (κ3) is 2.48. The highest BCUT2D eigenvalue weighted by atomic mass is 15.5. The first-order valence-corrected chi connectivity index (χ1v) is 7.71. The highest BCUT2D eigenvalue weighted by Gasteiger charge is 2.24. The van der Waals surface area contributed by atoms with Gasteiger partial charge >= 0.3 is 0 Å². The smallest absolute Gasteiger partial charge is 0.0481 e. The third-order valence-electron chi connectivity index (χ3n) is 4.63. The van der Waals surface area contributed by atoms with Crippen LogP contribution in [0.3, 0.4) is 0 Å². The standard InChI is InChI=1S/C17H25N3/c1-13-7-6-8-14(2)20(13)18-11-15-12-19(3)17-10-5-4-9-16(15)17/h4-5,9-10,12-14,18H,6-8,11H2,1-3H3. The summed E-state index contributed by atoms with van der Waals surface area (Å²) in [6.45, 7) is 5.56. The number of hydrazine groups is 1. The van der Waals surface area contributed by atoms with Crippen LogP contribution in [-0.4, -0.2) is 21.7 Å². The summed E-state index contributed by atoms with van der Waals surface area (Å²) in [6.07, 6.45) is 6.20. The average molecular weight is 271 g/mol. The Balaban J connectivity index is 1.77. The van der Waals surface area contributed by atoms with E-state index in [1.54, 1.807) is 0 Å². The van der Waals surface area contributed by atoms with Gasteiger partial charge in [0.2, 0.25) is 0 Å². The molecule has 0 saturated carbocycles. The van der Waals surface area contributed by atoms with Crippen LogP contribution in [0.1, 0.15) is 38.7 Å². The molecule has 0 spiro atoms. The van der Waals surface area contributed by atoms with Gasteiger partial charge in [0.15, 0.2) is 0 Å². The SMILES string of the molecule is CC1CCCC(C)N1NCc1cn(C)c2ccccc12. The largest absolute Gasteiger partial charge is 0.350 e. The molecule has 1 aromatic carbocycles. The summed E-state index contributed by atoms with van der Waals surface area (Å²) in [6, 6.07) is 9.90. The molecule has 0 bridgehead atoms. The van der Waals surface area contributed by atoms with Crippen molar-refractivity contribution in [3.05, 3.63) is 36.0 Å². The molecular formula is C17H25N3. The Hall–Kier alpha value is -1.32. The molecule has 20 heavy (non-hydrogen) atoms. The van der Waals surface area contributed by atoms with E-state index in [4.69, 9.17) is 0 Å². The van der Waals surface area contributed by atoms with Gasteiger partial charge in [-0.25, -0.2) is 5.01 Å². The number of benzene rings is 1. The summed E-state index contributed by atoms with van der Waals surface area (Å²) >= 11 is 0. The highest BCUT2D eigenvalue weighted by Crippen LogP contribution is 2.23. The Labute approximate surface area is 121 Å². The molecule has 2 heterocycles. The van der Waals surface area contributed by atoms with E-state index in [2.05, 4.69) is 66.4 Å². The van der Waals surface area contributed by atoms with Crippen molar-refractivity contribution in [2.75, 3.05) is 0 Å². The Morgan fingerprint density at radius 1 is 1.15 bits per heavy atom. The number of piperidine rings is 1. The maximum atomic E-state index is 3.66. The normalized spacial score (nSPS) is 24.4. The lowest BCUT2D eigenvalue weighted by Gasteiger charge is -2.39. The minimum absolute atomic E-state index is 0.633. The Kier molecular flexibility index (Phi) is 3.81. The van der Waals surface area contributed by atoms with Crippen molar-refractivity contribution >= 4 is 10.9 Å². The van der Waals surface area contributed by atoms with Crippen LogP contribution >= 0.6 is 0 Å². The topological polar surface area (TPSA) is 20.2 Å². The molecule has 1 aliphatic rings. The fourth-order valence-electron chi connectivity index (χ4n) is 3.48. The zero-order valence-electron chi connectivity index (χ0n) is 12.8. The van der Waals surface area contributed by atoms with E-state index in [0.717, 1.165) is 6.54 Å². The number of nitrogens with zero attached hydrogens (tertiary/aromatic N) is 2. The fourth-order valence-corrected chi connectivity index (χ4v) is 3.48. The van der Waals surface area contributed by atoms with Gasteiger partial charge in [0.1, 0.15) is 0 Å². The van der Waals surface area contributed by atoms with E-state index in [1.165, 1.54) is 35.7 Å². The zero-order valence-corrected chi connectivity index (χ0v) is 12.8. The van der Waals surface area contributed by atoms with Gasteiger partial charge in [0.25, 0.3) is 0 Å². The van der Waals surface area contributed by atoms with Crippen molar-refractivity contribution < 1.29 is 0 Å². The number of para-hydroxylation sites is 1. The maximum Gasteiger partial charge on any atom is 0.0481 e. The monoisotopic (exact) mass is 271 g/mol. The van der Waals surface area contributed by atoms with Crippen molar-refractivity contribution in [1.82, 2.24) is 15.0 Å². The summed E-state index contributed by atoms with van der Waals surface area (Å²) in [5.41, 5.74) is 6.35. The average Bonchev–Trinajstić information content (AvgIpc) is 2.76. The lowest BCUT2D eigenvalue weighted by atomic mass is 10.00. The predicted octanol–water partition coefficient (Wildman–Crippen LogP) is 3.45. The van der Waals surface area contributed by atoms with Gasteiger partial charge in [-0.2, -0.15) is 0 Å². The predicted molar refractivity (Wildman–Crippen MR) is 84.4 cm³/mol. The summed E-state index contributed by atoms with van der Waals surface area (Å²) < 4.78 is 2.22. The highest BCUT2D eigenvalue weighted by molar-refractivity contribution is 5.83. The maximum absolute atomic E-state index is 3.66. The third-order valence-corrected chi connectivity index (χ3v) is 4.63. The molecule has 3 rings (SSSR count). The second-order valence-corrected chi connectivity index (χ2v) is 6.15. The van der Waals surface area contributed by atoms with E-state index in [1.807, 2.05) is 0 Å². The number of aryl methyl sites for hydroxylation is 1. The molecule has 1 aliphatic heterocycles. The van der Waals surface area contributed by atoms with Crippen LogP contribution in [0.15, 0.2) is 30.5 Å². The van der Waals surface area contributed by atoms with E-state index < -0.39 is 0 Å². The van der Waals surface area contributed by atoms with E-state index >= 15 is 0 Å². The molecule has 1 aromatic heterocycles. The Morgan fingerprint density at radius 3 is 2.60 bits per heavy atom. The molecule has 2 aromatic rings. The lowest BCUT2D eigenvalue weighted by Crippen LogP contribution is -2.51. The quantitative estimate of drug-likeness (QED) is 0.922. The number of nitrogens with one attached hydrogen (secondary N) is 1. The van der Waals surface area contributed by atoms with Crippen LogP contribution in [0.5, 0.6) is 0 Å². The molecule has 3 heteroatoms. The van der Waals surface area contributed by atoms with Crippen LogP contribution in [0.25, 0.3) is 10.9 Å². The number of fused-ring (bicyclic) bond motifs is 1. The second-order valence-electron chi connectivity index (χ2n) is 6.15.